The summed E-state index contributed by atoms with van der Waals surface area (Å²) in [7, 11) is 0. The fraction of sp³-hybridized carbons (Fsp3) is 0.219. The maximum absolute atomic E-state index is 5.81. The molecule has 1 aromatic heterocycles. The van der Waals surface area contributed by atoms with Crippen LogP contribution in [-0.4, -0.2) is 16.9 Å². The third-order valence-electron chi connectivity index (χ3n) is 7.69. The molecule has 3 nitrogen and oxygen atoms in total. The number of hydrogen-bond donors (Lipinski definition) is 1. The number of alkyl halides is 1. The lowest BCUT2D eigenvalue weighted by Crippen LogP contribution is -2.23. The van der Waals surface area contributed by atoms with Crippen LogP contribution in [0.4, 0.5) is 5.69 Å². The third kappa shape index (κ3) is 4.10. The Labute approximate surface area is 230 Å². The molecule has 4 aromatic carbocycles. The molecule has 0 amide bonds. The number of aromatic nitrogens is 1. The zero-order valence-corrected chi connectivity index (χ0v) is 23.5. The molecule has 0 bridgehead atoms. The van der Waals surface area contributed by atoms with Crippen molar-refractivity contribution in [1.29, 1.82) is 0 Å². The van der Waals surface area contributed by atoms with Gasteiger partial charge >= 0.3 is 0 Å². The van der Waals surface area contributed by atoms with Crippen molar-refractivity contribution < 1.29 is 4.84 Å². The van der Waals surface area contributed by atoms with E-state index in [0.29, 0.717) is 6.61 Å². The fourth-order valence-electron chi connectivity index (χ4n) is 5.79. The molecule has 1 aliphatic rings. The molecular weight excluding hydrogens is 540 g/mol. The Hall–Kier alpha value is -2.99. The number of nitrogens with zero attached hydrogens (tertiary/aromatic N) is 1. The zero-order valence-electron chi connectivity index (χ0n) is 21.1. The third-order valence-corrected chi connectivity index (χ3v) is 9.10. The number of anilines is 1. The smallest absolute Gasteiger partial charge is 0.124 e. The maximum Gasteiger partial charge on any atom is 0.124 e. The standard InChI is InChI=1S/C32H29BrN2OS/c1-3-32(4-2)26-18-22(31-34-28-12-8-9-13-30(28)37-31)14-15-23(26)25-19-24(21-10-6-5-7-11-21)29(20-27(25)32)35-36-17-16-33/h5-15,18-20,35H,3-4,16-17H2,1-2H3. The van der Waals surface area contributed by atoms with Gasteiger partial charge in [0.05, 0.1) is 22.5 Å². The second-order valence-electron chi connectivity index (χ2n) is 9.49. The molecule has 5 heteroatoms. The normalized spacial score (nSPS) is 13.5. The Bertz CT molecular complexity index is 1540. The molecule has 37 heavy (non-hydrogen) atoms. The van der Waals surface area contributed by atoms with Crippen molar-refractivity contribution in [1.82, 2.24) is 4.98 Å². The lowest BCUT2D eigenvalue weighted by atomic mass is 9.73. The van der Waals surface area contributed by atoms with E-state index >= 15 is 0 Å². The van der Waals surface area contributed by atoms with Gasteiger partial charge in [0.2, 0.25) is 0 Å². The number of para-hydroxylation sites is 1. The minimum Gasteiger partial charge on any atom is -0.275 e. The Morgan fingerprint density at radius 1 is 0.811 bits per heavy atom. The fourth-order valence-corrected chi connectivity index (χ4v) is 6.91. The minimum absolute atomic E-state index is 0.0571. The van der Waals surface area contributed by atoms with Crippen LogP contribution in [0.2, 0.25) is 0 Å². The summed E-state index contributed by atoms with van der Waals surface area (Å²) in [5, 5.41) is 1.86. The van der Waals surface area contributed by atoms with Crippen LogP contribution >= 0.6 is 27.3 Å². The highest BCUT2D eigenvalue weighted by atomic mass is 79.9. The first-order chi connectivity index (χ1) is 18.2. The van der Waals surface area contributed by atoms with E-state index in [2.05, 4.69) is 120 Å². The summed E-state index contributed by atoms with van der Waals surface area (Å²) in [6.07, 6.45) is 2.05. The van der Waals surface area contributed by atoms with E-state index in [9.17, 15) is 0 Å². The average molecular weight is 570 g/mol. The van der Waals surface area contributed by atoms with Gasteiger partial charge < -0.3 is 0 Å². The first-order valence-corrected chi connectivity index (χ1v) is 14.8. The summed E-state index contributed by atoms with van der Waals surface area (Å²) in [5.41, 5.74) is 14.2. The van der Waals surface area contributed by atoms with Gasteiger partial charge in [0.1, 0.15) is 5.01 Å². The second-order valence-corrected chi connectivity index (χ2v) is 11.3. The monoisotopic (exact) mass is 568 g/mol. The van der Waals surface area contributed by atoms with Crippen LogP contribution in [0.25, 0.3) is 43.0 Å². The van der Waals surface area contributed by atoms with Crippen molar-refractivity contribution in [2.75, 3.05) is 17.4 Å². The van der Waals surface area contributed by atoms with E-state index in [-0.39, 0.29) is 5.41 Å². The lowest BCUT2D eigenvalue weighted by molar-refractivity contribution is 0.214. The highest BCUT2D eigenvalue weighted by Gasteiger charge is 2.41. The average Bonchev–Trinajstić information content (AvgIpc) is 3.50. The number of hydrogen-bond acceptors (Lipinski definition) is 4. The van der Waals surface area contributed by atoms with Gasteiger partial charge in [-0.1, -0.05) is 84.4 Å². The molecule has 0 aliphatic heterocycles. The summed E-state index contributed by atoms with van der Waals surface area (Å²) in [4.78, 5) is 10.8. The van der Waals surface area contributed by atoms with Crippen LogP contribution in [0.3, 0.4) is 0 Å². The molecule has 5 aromatic rings. The highest BCUT2D eigenvalue weighted by Crippen LogP contribution is 2.55. The second kappa shape index (κ2) is 10.1. The van der Waals surface area contributed by atoms with Crippen molar-refractivity contribution in [2.24, 2.45) is 0 Å². The number of benzene rings is 4. The largest absolute Gasteiger partial charge is 0.275 e. The Morgan fingerprint density at radius 2 is 1.57 bits per heavy atom. The van der Waals surface area contributed by atoms with Gasteiger partial charge in [0.25, 0.3) is 0 Å². The van der Waals surface area contributed by atoms with Crippen molar-refractivity contribution in [2.45, 2.75) is 32.1 Å². The molecule has 1 heterocycles. The predicted molar refractivity (Wildman–Crippen MR) is 161 cm³/mol. The van der Waals surface area contributed by atoms with Crippen LogP contribution in [0.5, 0.6) is 0 Å². The topological polar surface area (TPSA) is 34.2 Å². The lowest BCUT2D eigenvalue weighted by Gasteiger charge is -2.30. The molecule has 0 unspecified atom stereocenters. The molecule has 186 valence electrons. The van der Waals surface area contributed by atoms with E-state index < -0.39 is 0 Å². The first-order valence-electron chi connectivity index (χ1n) is 12.9. The number of fused-ring (bicyclic) bond motifs is 4. The maximum atomic E-state index is 5.81. The number of rotatable bonds is 8. The van der Waals surface area contributed by atoms with E-state index in [1.807, 2.05) is 0 Å². The number of thiazole rings is 1. The van der Waals surface area contributed by atoms with Gasteiger partial charge in [-0.25, -0.2) is 4.98 Å². The molecule has 0 radical (unpaired) electrons. The van der Waals surface area contributed by atoms with Crippen LogP contribution in [0.1, 0.15) is 37.8 Å². The molecule has 0 fully saturated rings. The Kier molecular flexibility index (Phi) is 6.62. The highest BCUT2D eigenvalue weighted by molar-refractivity contribution is 9.09. The molecule has 0 saturated heterocycles. The summed E-state index contributed by atoms with van der Waals surface area (Å²) < 4.78 is 1.23. The molecule has 0 saturated carbocycles. The Balaban J connectivity index is 1.53. The Morgan fingerprint density at radius 3 is 2.32 bits per heavy atom. The van der Waals surface area contributed by atoms with E-state index in [4.69, 9.17) is 9.82 Å². The van der Waals surface area contributed by atoms with Crippen molar-refractivity contribution in [3.05, 3.63) is 96.1 Å². The van der Waals surface area contributed by atoms with Crippen molar-refractivity contribution >= 4 is 43.2 Å². The van der Waals surface area contributed by atoms with Gasteiger partial charge in [0.15, 0.2) is 0 Å². The summed E-state index contributed by atoms with van der Waals surface area (Å²) in [6.45, 7) is 5.21. The van der Waals surface area contributed by atoms with Crippen molar-refractivity contribution in [3.63, 3.8) is 0 Å². The van der Waals surface area contributed by atoms with E-state index in [0.717, 1.165) is 39.9 Å². The molecule has 1 N–H and O–H groups in total. The van der Waals surface area contributed by atoms with Crippen LogP contribution < -0.4 is 5.48 Å². The molecule has 0 atom stereocenters. The SMILES string of the molecule is CCC1(CC)c2cc(-c3nc4ccccc4s3)ccc2-c2cc(-c3ccccc3)c(NOCCBr)cc21. The van der Waals surface area contributed by atoms with Gasteiger partial charge in [-0.3, -0.25) is 10.3 Å². The van der Waals surface area contributed by atoms with Gasteiger partial charge in [0, 0.05) is 21.9 Å². The van der Waals surface area contributed by atoms with Crippen molar-refractivity contribution in [3.8, 4) is 32.8 Å². The zero-order chi connectivity index (χ0) is 25.4. The molecule has 0 spiro atoms. The quantitative estimate of drug-likeness (QED) is 0.115. The van der Waals surface area contributed by atoms with E-state index in [1.165, 1.54) is 38.1 Å². The van der Waals surface area contributed by atoms with Crippen LogP contribution in [-0.2, 0) is 10.3 Å². The predicted octanol–water partition coefficient (Wildman–Crippen LogP) is 9.46. The summed E-state index contributed by atoms with van der Waals surface area (Å²) >= 11 is 5.23. The van der Waals surface area contributed by atoms with Gasteiger partial charge in [-0.15, -0.1) is 11.3 Å². The molecular formula is C32H29BrN2OS. The number of nitrogens with one attached hydrogen (secondary N) is 1. The molecule has 6 rings (SSSR count). The molecule has 1 aliphatic carbocycles. The summed E-state index contributed by atoms with van der Waals surface area (Å²) in [6, 6.07) is 30.6. The van der Waals surface area contributed by atoms with Gasteiger partial charge in [-0.2, -0.15) is 0 Å². The number of halogens is 1. The van der Waals surface area contributed by atoms with Crippen LogP contribution in [0, 0.1) is 0 Å². The van der Waals surface area contributed by atoms with E-state index in [1.54, 1.807) is 11.3 Å². The first kappa shape index (κ1) is 24.4. The summed E-state index contributed by atoms with van der Waals surface area (Å²) in [5.74, 6) is 0. The van der Waals surface area contributed by atoms with Gasteiger partial charge in [-0.05, 0) is 71.0 Å². The van der Waals surface area contributed by atoms with Crippen LogP contribution in [0.15, 0.2) is 84.9 Å². The minimum atomic E-state index is -0.0571.